The monoisotopic (exact) mass is 356 g/mol. The van der Waals surface area contributed by atoms with Gasteiger partial charge in [-0.1, -0.05) is 17.7 Å². The van der Waals surface area contributed by atoms with Crippen LogP contribution < -0.4 is 15.6 Å². The molecule has 0 aliphatic heterocycles. The van der Waals surface area contributed by atoms with E-state index >= 15 is 0 Å². The van der Waals surface area contributed by atoms with Gasteiger partial charge in [0.1, 0.15) is 10.8 Å². The van der Waals surface area contributed by atoms with Crippen molar-refractivity contribution in [2.45, 2.75) is 6.42 Å². The lowest BCUT2D eigenvalue weighted by molar-refractivity contribution is 0.414. The maximum absolute atomic E-state index is 12.5. The highest BCUT2D eigenvalue weighted by atomic mass is 35.5. The molecule has 0 unspecified atom stereocenters. The van der Waals surface area contributed by atoms with Gasteiger partial charge < -0.3 is 10.1 Å². The summed E-state index contributed by atoms with van der Waals surface area (Å²) in [4.78, 5) is 16.7. The van der Waals surface area contributed by atoms with Gasteiger partial charge in [0.25, 0.3) is 5.56 Å². The fourth-order valence-electron chi connectivity index (χ4n) is 2.33. The molecule has 0 aliphatic carbocycles. The highest BCUT2D eigenvalue weighted by molar-refractivity contribution is 6.32. The number of halogens is 1. The molecule has 6 nitrogen and oxygen atoms in total. The van der Waals surface area contributed by atoms with Crippen molar-refractivity contribution in [1.29, 1.82) is 0 Å². The third kappa shape index (κ3) is 3.97. The number of benzene rings is 1. The normalized spacial score (nSPS) is 10.5. The van der Waals surface area contributed by atoms with Gasteiger partial charge in [-0.25, -0.2) is 0 Å². The Morgan fingerprint density at radius 3 is 2.68 bits per heavy atom. The minimum Gasteiger partial charge on any atom is -0.497 e. The number of rotatable bonds is 6. The van der Waals surface area contributed by atoms with E-state index in [-0.39, 0.29) is 10.6 Å². The van der Waals surface area contributed by atoms with E-state index in [1.165, 1.54) is 4.68 Å². The maximum Gasteiger partial charge on any atom is 0.292 e. The number of nitrogens with zero attached hydrogens (tertiary/aromatic N) is 3. The minimum absolute atomic E-state index is 0.104. The van der Waals surface area contributed by atoms with Crippen LogP contribution in [0.2, 0.25) is 5.02 Å². The summed E-state index contributed by atoms with van der Waals surface area (Å²) in [6, 6.07) is 12.8. The van der Waals surface area contributed by atoms with Gasteiger partial charge in [0.05, 0.1) is 24.7 Å². The Balaban J connectivity index is 1.74. The van der Waals surface area contributed by atoms with Crippen LogP contribution in [-0.2, 0) is 6.42 Å². The third-order valence-corrected chi connectivity index (χ3v) is 4.02. The standard InChI is InChI=1S/C18H17ClN4O2/c1-25-15-7-5-14(6-8-15)23-18(24)17(19)16(12-22-23)21-11-9-13-4-2-3-10-20-13/h2-8,10,12,21H,9,11H2,1H3. The van der Waals surface area contributed by atoms with Crippen molar-refractivity contribution in [2.75, 3.05) is 19.0 Å². The fraction of sp³-hybridized carbons (Fsp3) is 0.167. The first-order valence-electron chi connectivity index (χ1n) is 7.75. The zero-order valence-corrected chi connectivity index (χ0v) is 14.4. The van der Waals surface area contributed by atoms with Crippen LogP contribution >= 0.6 is 11.6 Å². The topological polar surface area (TPSA) is 69.0 Å². The summed E-state index contributed by atoms with van der Waals surface area (Å²) in [7, 11) is 1.59. The lowest BCUT2D eigenvalue weighted by atomic mass is 10.2. The zero-order chi connectivity index (χ0) is 17.6. The van der Waals surface area contributed by atoms with Gasteiger partial charge in [0.2, 0.25) is 0 Å². The molecule has 2 aromatic heterocycles. The second kappa shape index (κ2) is 7.81. The number of hydrogen-bond donors (Lipinski definition) is 1. The van der Waals surface area contributed by atoms with Gasteiger partial charge in [0.15, 0.2) is 0 Å². The first-order valence-corrected chi connectivity index (χ1v) is 8.13. The Hall–Kier alpha value is -2.86. The summed E-state index contributed by atoms with van der Waals surface area (Å²) >= 11 is 6.21. The van der Waals surface area contributed by atoms with Crippen LogP contribution in [0.25, 0.3) is 5.69 Å². The molecular weight excluding hydrogens is 340 g/mol. The molecule has 0 atom stereocenters. The fourth-order valence-corrected chi connectivity index (χ4v) is 2.53. The average Bonchev–Trinajstić information content (AvgIpc) is 2.66. The highest BCUT2D eigenvalue weighted by Crippen LogP contribution is 2.18. The smallest absolute Gasteiger partial charge is 0.292 e. The molecule has 25 heavy (non-hydrogen) atoms. The number of pyridine rings is 1. The third-order valence-electron chi connectivity index (χ3n) is 3.66. The molecule has 0 aliphatic rings. The van der Waals surface area contributed by atoms with Crippen molar-refractivity contribution in [3.8, 4) is 11.4 Å². The molecule has 0 saturated carbocycles. The van der Waals surface area contributed by atoms with Crippen molar-refractivity contribution in [2.24, 2.45) is 0 Å². The molecule has 0 saturated heterocycles. The minimum atomic E-state index is -0.380. The van der Waals surface area contributed by atoms with Crippen molar-refractivity contribution >= 4 is 17.3 Å². The molecule has 1 N–H and O–H groups in total. The lowest BCUT2D eigenvalue weighted by Gasteiger charge is -2.10. The summed E-state index contributed by atoms with van der Waals surface area (Å²) in [6.07, 6.45) is 4.02. The first-order chi connectivity index (χ1) is 12.2. The predicted octanol–water partition coefficient (Wildman–Crippen LogP) is 2.94. The number of nitrogens with one attached hydrogen (secondary N) is 1. The van der Waals surface area contributed by atoms with Gasteiger partial charge >= 0.3 is 0 Å². The second-order valence-corrected chi connectivity index (χ2v) is 5.66. The van der Waals surface area contributed by atoms with Crippen LogP contribution in [-0.4, -0.2) is 28.4 Å². The van der Waals surface area contributed by atoms with Crippen LogP contribution in [0.3, 0.4) is 0 Å². The molecule has 0 radical (unpaired) electrons. The molecule has 7 heteroatoms. The van der Waals surface area contributed by atoms with Gasteiger partial charge in [-0.2, -0.15) is 9.78 Å². The van der Waals surface area contributed by atoms with Crippen LogP contribution in [0.15, 0.2) is 59.7 Å². The van der Waals surface area contributed by atoms with E-state index in [2.05, 4.69) is 15.4 Å². The quantitative estimate of drug-likeness (QED) is 0.735. The zero-order valence-electron chi connectivity index (χ0n) is 13.6. The summed E-state index contributed by atoms with van der Waals surface area (Å²) < 4.78 is 6.37. The summed E-state index contributed by atoms with van der Waals surface area (Å²) in [6.45, 7) is 0.602. The van der Waals surface area contributed by atoms with Crippen molar-refractivity contribution in [3.63, 3.8) is 0 Å². The van der Waals surface area contributed by atoms with E-state index in [0.29, 0.717) is 23.7 Å². The van der Waals surface area contributed by atoms with E-state index in [1.54, 1.807) is 43.8 Å². The molecule has 2 heterocycles. The Bertz CT molecular complexity index is 895. The summed E-state index contributed by atoms with van der Waals surface area (Å²) in [5, 5.41) is 7.43. The Kier molecular flexibility index (Phi) is 5.30. The molecule has 0 amide bonds. The van der Waals surface area contributed by atoms with Crippen LogP contribution in [0.4, 0.5) is 5.69 Å². The molecule has 0 spiro atoms. The molecule has 3 rings (SSSR count). The number of anilines is 1. The number of methoxy groups -OCH3 is 1. The molecule has 0 fully saturated rings. The highest BCUT2D eigenvalue weighted by Gasteiger charge is 2.10. The van der Waals surface area contributed by atoms with Gasteiger partial charge in [-0.05, 0) is 36.4 Å². The lowest BCUT2D eigenvalue weighted by Crippen LogP contribution is -2.23. The van der Waals surface area contributed by atoms with E-state index < -0.39 is 0 Å². The number of hydrogen-bond acceptors (Lipinski definition) is 5. The van der Waals surface area contributed by atoms with E-state index in [0.717, 1.165) is 12.1 Å². The molecule has 1 aromatic carbocycles. The van der Waals surface area contributed by atoms with Gasteiger partial charge in [-0.3, -0.25) is 9.78 Å². The molecule has 128 valence electrons. The van der Waals surface area contributed by atoms with Crippen LogP contribution in [0, 0.1) is 0 Å². The van der Waals surface area contributed by atoms with E-state index in [9.17, 15) is 4.79 Å². The summed E-state index contributed by atoms with van der Waals surface area (Å²) in [5.41, 5.74) is 1.71. The predicted molar refractivity (Wildman–Crippen MR) is 97.8 cm³/mol. The van der Waals surface area contributed by atoms with Crippen LogP contribution in [0.5, 0.6) is 5.75 Å². The second-order valence-electron chi connectivity index (χ2n) is 5.29. The van der Waals surface area contributed by atoms with Crippen LogP contribution in [0.1, 0.15) is 5.69 Å². The number of aromatic nitrogens is 3. The van der Waals surface area contributed by atoms with Gasteiger partial charge in [-0.15, -0.1) is 0 Å². The molecular formula is C18H17ClN4O2. The first kappa shape index (κ1) is 17.0. The Labute approximate surface area is 150 Å². The van der Waals surface area contributed by atoms with E-state index in [1.807, 2.05) is 18.2 Å². The van der Waals surface area contributed by atoms with E-state index in [4.69, 9.17) is 16.3 Å². The van der Waals surface area contributed by atoms with Crippen molar-refractivity contribution < 1.29 is 4.74 Å². The molecule has 0 bridgehead atoms. The largest absolute Gasteiger partial charge is 0.497 e. The Morgan fingerprint density at radius 2 is 2.00 bits per heavy atom. The SMILES string of the molecule is COc1ccc(-n2ncc(NCCc3ccccn3)c(Cl)c2=O)cc1. The van der Waals surface area contributed by atoms with Gasteiger partial charge in [0, 0.05) is 24.9 Å². The number of ether oxygens (including phenoxy) is 1. The van der Waals surface area contributed by atoms with Crippen molar-refractivity contribution in [1.82, 2.24) is 14.8 Å². The Morgan fingerprint density at radius 1 is 1.20 bits per heavy atom. The molecule has 3 aromatic rings. The average molecular weight is 357 g/mol. The maximum atomic E-state index is 12.5. The van der Waals surface area contributed by atoms with Crippen molar-refractivity contribution in [3.05, 3.63) is 75.9 Å². The summed E-state index contributed by atoms with van der Waals surface area (Å²) in [5.74, 6) is 0.704.